The number of carbonyl (C=O) groups is 1. The Kier molecular flexibility index (Phi) is 17.7. The number of halogens is 2. The number of nitrogens with zero attached hydrogens (tertiary/aromatic N) is 6. The topological polar surface area (TPSA) is 180 Å². The van der Waals surface area contributed by atoms with Crippen molar-refractivity contribution in [3.63, 3.8) is 0 Å². The van der Waals surface area contributed by atoms with Crippen LogP contribution in [0.1, 0.15) is 36.1 Å². The van der Waals surface area contributed by atoms with Crippen molar-refractivity contribution < 1.29 is 52.6 Å². The van der Waals surface area contributed by atoms with Crippen LogP contribution in [0.15, 0.2) is 97.5 Å². The number of carboxylic acid groups (broad SMARTS) is 1. The van der Waals surface area contributed by atoms with Gasteiger partial charge in [0.2, 0.25) is 12.0 Å². The second kappa shape index (κ2) is 24.9. The van der Waals surface area contributed by atoms with E-state index in [9.17, 15) is 19.4 Å². The van der Waals surface area contributed by atoms with Crippen LogP contribution in [-0.4, -0.2) is 144 Å². The van der Waals surface area contributed by atoms with Crippen molar-refractivity contribution in [2.75, 3.05) is 86.5 Å². The number of para-hydroxylation sites is 1. The average Bonchev–Trinajstić information content (AvgIpc) is 3.81. The van der Waals surface area contributed by atoms with Crippen molar-refractivity contribution in [2.45, 2.75) is 50.9 Å². The summed E-state index contributed by atoms with van der Waals surface area (Å²) in [5.41, 5.74) is 4.02. The second-order valence-electron chi connectivity index (χ2n) is 18.5. The molecular formula is C56H60ClFN6O10S. The first-order valence-electron chi connectivity index (χ1n) is 24.9. The van der Waals surface area contributed by atoms with Crippen molar-refractivity contribution >= 4 is 39.1 Å². The summed E-state index contributed by atoms with van der Waals surface area (Å²) in [6, 6.07) is 23.6. The minimum Gasteiger partial charge on any atom is -0.508 e. The number of rotatable bonds is 25. The summed E-state index contributed by atoms with van der Waals surface area (Å²) in [5.74, 6) is 0.193. The molecule has 4 aromatic carbocycles. The number of piperazine rings is 1. The molecule has 75 heavy (non-hydrogen) atoms. The predicted molar refractivity (Wildman–Crippen MR) is 284 cm³/mol. The summed E-state index contributed by atoms with van der Waals surface area (Å²) in [6.07, 6.45) is 4.08. The summed E-state index contributed by atoms with van der Waals surface area (Å²) in [5, 5.41) is 22.3. The number of carboxylic acids is 1. The largest absolute Gasteiger partial charge is 0.508 e. The fourth-order valence-corrected chi connectivity index (χ4v) is 10.7. The van der Waals surface area contributed by atoms with Crippen molar-refractivity contribution in [1.29, 1.82) is 0 Å². The summed E-state index contributed by atoms with van der Waals surface area (Å²) in [7, 11) is 3.23. The molecule has 0 bridgehead atoms. The number of hydrogen-bond donors (Lipinski definition) is 2. The van der Waals surface area contributed by atoms with Crippen LogP contribution in [0.5, 0.6) is 28.9 Å². The van der Waals surface area contributed by atoms with Gasteiger partial charge in [0.1, 0.15) is 52.2 Å². The number of hydrogen-bond acceptors (Lipinski definition) is 16. The molecule has 2 fully saturated rings. The van der Waals surface area contributed by atoms with Gasteiger partial charge >= 0.3 is 5.97 Å². The van der Waals surface area contributed by atoms with E-state index in [1.807, 2.05) is 43.3 Å². The molecule has 0 amide bonds. The van der Waals surface area contributed by atoms with E-state index < -0.39 is 23.5 Å². The Balaban J connectivity index is 0.941. The number of aliphatic carboxylic acids is 1. The van der Waals surface area contributed by atoms with Crippen LogP contribution >= 0.6 is 22.9 Å². The zero-order chi connectivity index (χ0) is 52.3. The highest BCUT2D eigenvalue weighted by atomic mass is 35.5. The van der Waals surface area contributed by atoms with Gasteiger partial charge in [-0.05, 0) is 97.5 Å². The number of phenolic OH excluding ortho intramolecular Hbond substituents is 1. The number of benzene rings is 4. The molecule has 1 aliphatic carbocycles. The summed E-state index contributed by atoms with van der Waals surface area (Å²) in [4.78, 5) is 37.6. The predicted octanol–water partition coefficient (Wildman–Crippen LogP) is 9.55. The molecule has 9 rings (SSSR count). The zero-order valence-corrected chi connectivity index (χ0v) is 43.7. The van der Waals surface area contributed by atoms with E-state index in [-0.39, 0.29) is 24.7 Å². The quantitative estimate of drug-likeness (QED) is 0.0516. The third-order valence-electron chi connectivity index (χ3n) is 13.5. The molecule has 1 aliphatic heterocycles. The maximum absolute atomic E-state index is 14.4. The molecule has 4 heterocycles. The monoisotopic (exact) mass is 1060 g/mol. The molecule has 0 radical (unpaired) electrons. The van der Waals surface area contributed by atoms with Crippen LogP contribution in [0.3, 0.4) is 0 Å². The highest BCUT2D eigenvalue weighted by molar-refractivity contribution is 7.22. The van der Waals surface area contributed by atoms with Crippen molar-refractivity contribution in [2.24, 2.45) is 0 Å². The Morgan fingerprint density at radius 1 is 0.853 bits per heavy atom. The first-order chi connectivity index (χ1) is 36.5. The number of methoxy groups -OCH3 is 2. The van der Waals surface area contributed by atoms with Crippen molar-refractivity contribution in [3.05, 3.63) is 125 Å². The Labute approximate surface area is 443 Å². The summed E-state index contributed by atoms with van der Waals surface area (Å²) >= 11 is 8.67. The molecule has 0 unspecified atom stereocenters. The van der Waals surface area contributed by atoms with Gasteiger partial charge in [0.25, 0.3) is 0 Å². The van der Waals surface area contributed by atoms with Gasteiger partial charge in [0, 0.05) is 75.0 Å². The normalized spacial score (nSPS) is 15.1. The fraction of sp³-hybridized carbons (Fsp3) is 0.375. The molecule has 3 aromatic heterocycles. The van der Waals surface area contributed by atoms with E-state index in [0.717, 1.165) is 63.4 Å². The smallest absolute Gasteiger partial charge is 0.345 e. The van der Waals surface area contributed by atoms with Gasteiger partial charge in [-0.1, -0.05) is 41.9 Å². The van der Waals surface area contributed by atoms with Gasteiger partial charge in [0.15, 0.2) is 5.82 Å². The highest BCUT2D eigenvalue weighted by Crippen LogP contribution is 2.50. The third-order valence-corrected chi connectivity index (χ3v) is 15.1. The van der Waals surface area contributed by atoms with Gasteiger partial charge in [-0.3, -0.25) is 9.80 Å². The number of thiophene rings is 1. The SMILES string of the molecule is COCCOCCOCCN1CCN(CC2(Oc3ccc(-c4c(-c5ccc(F)cc5)sc5ncnc(O[C@H](Cc6cc(O)ccc6OCc6ccnc(-c7ccccc7OC)n6)C(=O)O)c45)c(C)c3Cl)CCC2)CC1. The maximum Gasteiger partial charge on any atom is 0.345 e. The first kappa shape index (κ1) is 53.3. The summed E-state index contributed by atoms with van der Waals surface area (Å²) in [6.45, 7) is 10.2. The molecule has 2 aliphatic rings. The Hall–Kier alpha value is -6.51. The molecule has 1 saturated heterocycles. The maximum atomic E-state index is 14.4. The standard InChI is InChI=1S/C56H60ClFN6O10S/c1-36-42(14-16-46(50(36)57)74-56(18-6-19-56)34-64-23-21-63(22-24-64)25-26-70-29-30-71-28-27-68-2)48-49-53(60-35-61-54(49)75-51(48)37-9-11-39(58)12-10-37)73-47(55(66)67)32-38-31-41(65)13-15-44(38)72-33-40-17-20-59-52(62-40)43-7-4-5-8-45(43)69-3/h4-5,7-17,20,31,35,47,65H,6,18-19,21-30,32-34H2,1-3H3,(H,66,67)/t47-/m1/s1. The Morgan fingerprint density at radius 3 is 2.35 bits per heavy atom. The van der Waals surface area contributed by atoms with E-state index in [2.05, 4.69) is 29.7 Å². The Bertz CT molecular complexity index is 3060. The third kappa shape index (κ3) is 13.0. The molecule has 19 heteroatoms. The molecule has 394 valence electrons. The van der Waals surface area contributed by atoms with E-state index in [4.69, 9.17) is 44.8 Å². The van der Waals surface area contributed by atoms with Gasteiger partial charge in [0.05, 0.1) is 61.8 Å². The number of aromatic hydroxyl groups is 1. The zero-order valence-electron chi connectivity index (χ0n) is 42.1. The van der Waals surface area contributed by atoms with E-state index in [1.165, 1.54) is 41.9 Å². The molecule has 1 saturated carbocycles. The molecule has 0 spiro atoms. The Morgan fingerprint density at radius 2 is 1.60 bits per heavy atom. The van der Waals surface area contributed by atoms with Gasteiger partial charge in [-0.15, -0.1) is 11.3 Å². The fourth-order valence-electron chi connectivity index (χ4n) is 9.37. The number of aromatic nitrogens is 4. The lowest BCUT2D eigenvalue weighted by atomic mass is 9.79. The van der Waals surface area contributed by atoms with Crippen molar-refractivity contribution in [3.8, 4) is 61.8 Å². The lowest BCUT2D eigenvalue weighted by molar-refractivity contribution is -0.145. The van der Waals surface area contributed by atoms with Crippen LogP contribution in [-0.2, 0) is 32.0 Å². The van der Waals surface area contributed by atoms with E-state index in [1.54, 1.807) is 44.7 Å². The van der Waals surface area contributed by atoms with Crippen LogP contribution in [0.2, 0.25) is 5.02 Å². The molecular weight excluding hydrogens is 1000 g/mol. The van der Waals surface area contributed by atoms with Crippen LogP contribution in [0.25, 0.3) is 43.2 Å². The lowest BCUT2D eigenvalue weighted by Gasteiger charge is -2.47. The van der Waals surface area contributed by atoms with Crippen molar-refractivity contribution in [1.82, 2.24) is 29.7 Å². The van der Waals surface area contributed by atoms with Crippen LogP contribution < -0.4 is 18.9 Å². The van der Waals surface area contributed by atoms with Crippen LogP contribution in [0.4, 0.5) is 4.39 Å². The lowest BCUT2D eigenvalue weighted by Crippen LogP contribution is -2.56. The summed E-state index contributed by atoms with van der Waals surface area (Å²) < 4.78 is 55.8. The van der Waals surface area contributed by atoms with Gasteiger partial charge < -0.3 is 43.4 Å². The van der Waals surface area contributed by atoms with Crippen LogP contribution in [0, 0.1) is 12.7 Å². The minimum absolute atomic E-state index is 0.00694. The minimum atomic E-state index is -1.51. The molecule has 1 atom stereocenters. The molecule has 7 aromatic rings. The number of fused-ring (bicyclic) bond motifs is 1. The first-order valence-corrected chi connectivity index (χ1v) is 26.1. The molecule has 16 nitrogen and oxygen atoms in total. The van der Waals surface area contributed by atoms with Gasteiger partial charge in [-0.25, -0.2) is 29.1 Å². The second-order valence-corrected chi connectivity index (χ2v) is 19.9. The number of phenols is 1. The van der Waals surface area contributed by atoms with E-state index in [0.29, 0.717) is 110 Å². The average molecular weight is 1060 g/mol. The van der Waals surface area contributed by atoms with Gasteiger partial charge in [-0.2, -0.15) is 0 Å². The number of ether oxygens (including phenoxy) is 7. The highest BCUT2D eigenvalue weighted by Gasteiger charge is 2.42. The van der Waals surface area contributed by atoms with E-state index >= 15 is 0 Å². The molecule has 2 N–H and O–H groups in total.